The summed E-state index contributed by atoms with van der Waals surface area (Å²) in [7, 11) is 0. The van der Waals surface area contributed by atoms with Gasteiger partial charge in [0.25, 0.3) is 0 Å². The molecule has 1 aromatic heterocycles. The number of rotatable bonds is 6. The molecule has 110 valence electrons. The Kier molecular flexibility index (Phi) is 4.89. The lowest BCUT2D eigenvalue weighted by molar-refractivity contribution is -0.120. The first-order valence-electron chi connectivity index (χ1n) is 6.33. The second-order valence-electron chi connectivity index (χ2n) is 4.38. The molecule has 1 unspecified atom stereocenters. The quantitative estimate of drug-likeness (QED) is 0.760. The lowest BCUT2D eigenvalue weighted by atomic mass is 10.3. The summed E-state index contributed by atoms with van der Waals surface area (Å²) in [5, 5.41) is 16.6. The fourth-order valence-corrected chi connectivity index (χ4v) is 2.48. The molecule has 0 fully saturated rings. The van der Waals surface area contributed by atoms with E-state index in [2.05, 4.69) is 15.6 Å². The number of aromatic carboxylic acids is 1. The monoisotopic (exact) mass is 305 g/mol. The van der Waals surface area contributed by atoms with E-state index in [1.165, 1.54) is 16.7 Å². The molecular formula is C14H15N3O3S. The number of para-hydroxylation sites is 1. The molecule has 0 saturated carbocycles. The predicted molar refractivity (Wildman–Crippen MR) is 80.6 cm³/mol. The maximum Gasteiger partial charge on any atom is 0.355 e. The van der Waals surface area contributed by atoms with E-state index in [0.717, 1.165) is 5.69 Å². The van der Waals surface area contributed by atoms with Gasteiger partial charge in [0.15, 0.2) is 5.69 Å². The third-order valence-corrected chi connectivity index (χ3v) is 3.74. The summed E-state index contributed by atoms with van der Waals surface area (Å²) in [6.45, 7) is 1.91. The van der Waals surface area contributed by atoms with E-state index in [1.54, 1.807) is 6.92 Å². The van der Waals surface area contributed by atoms with Crippen molar-refractivity contribution in [2.75, 3.05) is 11.9 Å². The molecule has 0 aliphatic rings. The average Bonchev–Trinajstić information content (AvgIpc) is 2.96. The van der Waals surface area contributed by atoms with Gasteiger partial charge < -0.3 is 15.7 Å². The summed E-state index contributed by atoms with van der Waals surface area (Å²) in [5.41, 5.74) is 0.862. The van der Waals surface area contributed by atoms with Crippen LogP contribution < -0.4 is 10.6 Å². The number of carboxylic acids is 1. The van der Waals surface area contributed by atoms with Crippen molar-refractivity contribution < 1.29 is 14.7 Å². The molecule has 0 bridgehead atoms. The highest BCUT2D eigenvalue weighted by Gasteiger charge is 2.15. The normalized spacial score (nSPS) is 11.7. The van der Waals surface area contributed by atoms with E-state index in [1.807, 2.05) is 30.3 Å². The largest absolute Gasteiger partial charge is 0.476 e. The molecule has 1 atom stereocenters. The smallest absolute Gasteiger partial charge is 0.355 e. The zero-order chi connectivity index (χ0) is 15.2. The van der Waals surface area contributed by atoms with Gasteiger partial charge in [0, 0.05) is 11.1 Å². The van der Waals surface area contributed by atoms with Crippen molar-refractivity contribution in [2.24, 2.45) is 0 Å². The number of benzene rings is 1. The number of carbonyl (C=O) groups is 2. The molecule has 0 saturated heterocycles. The number of anilines is 1. The molecule has 2 aromatic rings. The fourth-order valence-electron chi connectivity index (χ4n) is 1.68. The Balaban J connectivity index is 1.85. The minimum Gasteiger partial charge on any atom is -0.476 e. The van der Waals surface area contributed by atoms with Crippen LogP contribution >= 0.6 is 11.3 Å². The first-order chi connectivity index (χ1) is 10.1. The van der Waals surface area contributed by atoms with E-state index >= 15 is 0 Å². The average molecular weight is 305 g/mol. The first-order valence-corrected chi connectivity index (χ1v) is 7.21. The lowest BCUT2D eigenvalue weighted by Gasteiger charge is -2.12. The van der Waals surface area contributed by atoms with Crippen molar-refractivity contribution in [3.63, 3.8) is 0 Å². The van der Waals surface area contributed by atoms with Gasteiger partial charge >= 0.3 is 5.97 Å². The highest BCUT2D eigenvalue weighted by Crippen LogP contribution is 2.17. The van der Waals surface area contributed by atoms with Gasteiger partial charge in [-0.3, -0.25) is 4.79 Å². The number of nitrogens with one attached hydrogen (secondary N) is 2. The fraction of sp³-hybridized carbons (Fsp3) is 0.214. The zero-order valence-electron chi connectivity index (χ0n) is 11.4. The van der Waals surface area contributed by atoms with Crippen LogP contribution in [0, 0.1) is 0 Å². The summed E-state index contributed by atoms with van der Waals surface area (Å²) in [6.07, 6.45) is 0. The Labute approximate surface area is 125 Å². The Hall–Kier alpha value is -2.41. The molecule has 1 aromatic carbocycles. The molecule has 0 aliphatic carbocycles. The van der Waals surface area contributed by atoms with Gasteiger partial charge in [-0.25, -0.2) is 9.78 Å². The molecule has 0 aliphatic heterocycles. The van der Waals surface area contributed by atoms with E-state index in [9.17, 15) is 9.59 Å². The maximum absolute atomic E-state index is 11.8. The van der Waals surface area contributed by atoms with E-state index in [0.29, 0.717) is 5.01 Å². The topological polar surface area (TPSA) is 91.3 Å². The minimum atomic E-state index is -1.07. The summed E-state index contributed by atoms with van der Waals surface area (Å²) in [4.78, 5) is 26.6. The van der Waals surface area contributed by atoms with Crippen molar-refractivity contribution in [3.05, 3.63) is 46.4 Å². The number of amides is 1. The summed E-state index contributed by atoms with van der Waals surface area (Å²) < 4.78 is 0. The van der Waals surface area contributed by atoms with Crippen molar-refractivity contribution in [2.45, 2.75) is 13.0 Å². The van der Waals surface area contributed by atoms with Gasteiger partial charge in [0.1, 0.15) is 5.01 Å². The summed E-state index contributed by atoms with van der Waals surface area (Å²) in [5.74, 6) is -1.25. The van der Waals surface area contributed by atoms with Crippen LogP contribution in [0.3, 0.4) is 0 Å². The van der Waals surface area contributed by atoms with Crippen LogP contribution in [0.1, 0.15) is 28.5 Å². The van der Waals surface area contributed by atoms with Gasteiger partial charge in [0.05, 0.1) is 12.6 Å². The van der Waals surface area contributed by atoms with Crippen LogP contribution in [0.25, 0.3) is 0 Å². The van der Waals surface area contributed by atoms with E-state index in [4.69, 9.17) is 5.11 Å². The van der Waals surface area contributed by atoms with Crippen molar-refractivity contribution in [1.29, 1.82) is 0 Å². The maximum atomic E-state index is 11.8. The highest BCUT2D eigenvalue weighted by molar-refractivity contribution is 7.09. The molecule has 2 rings (SSSR count). The van der Waals surface area contributed by atoms with Gasteiger partial charge in [-0.15, -0.1) is 11.3 Å². The summed E-state index contributed by atoms with van der Waals surface area (Å²) in [6, 6.07) is 9.08. The van der Waals surface area contributed by atoms with Crippen LogP contribution in [0.2, 0.25) is 0 Å². The zero-order valence-corrected chi connectivity index (χ0v) is 12.2. The number of carbonyl (C=O) groups excluding carboxylic acids is 1. The predicted octanol–water partition coefficient (Wildman–Crippen LogP) is 2.13. The number of aromatic nitrogens is 1. The van der Waals surface area contributed by atoms with Crippen LogP contribution in [0.5, 0.6) is 0 Å². The second-order valence-corrected chi connectivity index (χ2v) is 5.27. The number of nitrogens with zero attached hydrogens (tertiary/aromatic N) is 1. The molecule has 21 heavy (non-hydrogen) atoms. The third kappa shape index (κ3) is 4.28. The van der Waals surface area contributed by atoms with Crippen molar-refractivity contribution >= 4 is 28.9 Å². The van der Waals surface area contributed by atoms with Crippen LogP contribution in [-0.2, 0) is 4.79 Å². The van der Waals surface area contributed by atoms with Crippen molar-refractivity contribution in [1.82, 2.24) is 10.3 Å². The van der Waals surface area contributed by atoms with Crippen molar-refractivity contribution in [3.8, 4) is 0 Å². The number of hydrogen-bond donors (Lipinski definition) is 3. The highest BCUT2D eigenvalue weighted by atomic mass is 32.1. The number of carboxylic acid groups (broad SMARTS) is 1. The minimum absolute atomic E-state index is 0.00138. The third-order valence-electron chi connectivity index (χ3n) is 2.72. The molecule has 7 heteroatoms. The molecule has 1 amide bonds. The standard InChI is InChI=1S/C14H15N3O3S/c1-9(13-17-11(8-21-13)14(19)20)16-12(18)7-15-10-5-3-2-4-6-10/h2-6,8-9,15H,7H2,1H3,(H,16,18)(H,19,20). The van der Waals surface area contributed by atoms with Gasteiger partial charge in [-0.05, 0) is 19.1 Å². The first kappa shape index (κ1) is 15.0. The Morgan fingerprint density at radius 2 is 2.05 bits per heavy atom. The lowest BCUT2D eigenvalue weighted by Crippen LogP contribution is -2.32. The van der Waals surface area contributed by atoms with Crippen LogP contribution in [0.15, 0.2) is 35.7 Å². The molecule has 0 radical (unpaired) electrons. The molecule has 1 heterocycles. The van der Waals surface area contributed by atoms with Gasteiger partial charge in [-0.1, -0.05) is 18.2 Å². The molecule has 0 spiro atoms. The van der Waals surface area contributed by atoms with Crippen LogP contribution in [-0.4, -0.2) is 28.5 Å². The molecule has 3 N–H and O–H groups in total. The van der Waals surface area contributed by atoms with E-state index < -0.39 is 5.97 Å². The molecular weight excluding hydrogens is 290 g/mol. The van der Waals surface area contributed by atoms with E-state index in [-0.39, 0.29) is 24.2 Å². The Morgan fingerprint density at radius 3 is 2.67 bits per heavy atom. The second kappa shape index (κ2) is 6.85. The molecule has 6 nitrogen and oxygen atoms in total. The summed E-state index contributed by atoms with van der Waals surface area (Å²) >= 11 is 1.22. The number of hydrogen-bond acceptors (Lipinski definition) is 5. The Bertz CT molecular complexity index is 627. The van der Waals surface area contributed by atoms with Gasteiger partial charge in [-0.2, -0.15) is 0 Å². The number of thiazole rings is 1. The van der Waals surface area contributed by atoms with Gasteiger partial charge in [0.2, 0.25) is 5.91 Å². The Morgan fingerprint density at radius 1 is 1.33 bits per heavy atom. The van der Waals surface area contributed by atoms with Crippen LogP contribution in [0.4, 0.5) is 5.69 Å². The SMILES string of the molecule is CC(NC(=O)CNc1ccccc1)c1nc(C(=O)O)cs1.